The number of nitrogens with one attached hydrogen (secondary N) is 2. The molecule has 0 saturated carbocycles. The molecular weight excluding hydrogens is 390 g/mol. The normalized spacial score (nSPS) is 32.4. The maximum absolute atomic E-state index is 13.5. The summed E-state index contributed by atoms with van der Waals surface area (Å²) in [5, 5.41) is 15.3. The van der Waals surface area contributed by atoms with Crippen LogP contribution in [0.4, 0.5) is 5.69 Å². The molecule has 4 rings (SSSR count). The summed E-state index contributed by atoms with van der Waals surface area (Å²) in [7, 11) is 1.58. The van der Waals surface area contributed by atoms with Crippen LogP contribution in [0.25, 0.3) is 0 Å². The molecule has 1 aromatic rings. The van der Waals surface area contributed by atoms with Crippen molar-refractivity contribution >= 4 is 35.2 Å². The van der Waals surface area contributed by atoms with E-state index in [0.29, 0.717) is 0 Å². The third kappa shape index (κ3) is 2.95. The second kappa shape index (κ2) is 7.32. The van der Waals surface area contributed by atoms with Crippen LogP contribution >= 0.6 is 11.8 Å². The molecule has 3 N–H and O–H groups in total. The topological polar surface area (TPSA) is 98.7 Å². The number of aryl methyl sites for hydroxylation is 2. The van der Waals surface area contributed by atoms with Gasteiger partial charge in [0, 0.05) is 24.5 Å². The molecule has 7 nitrogen and oxygen atoms in total. The third-order valence-corrected chi connectivity index (χ3v) is 8.54. The molecule has 3 aliphatic heterocycles. The molecule has 3 amide bonds. The zero-order valence-corrected chi connectivity index (χ0v) is 17.7. The van der Waals surface area contributed by atoms with Crippen molar-refractivity contribution in [3.63, 3.8) is 0 Å². The van der Waals surface area contributed by atoms with E-state index < -0.39 is 22.6 Å². The molecule has 2 unspecified atom stereocenters. The van der Waals surface area contributed by atoms with E-state index in [1.54, 1.807) is 18.8 Å². The van der Waals surface area contributed by atoms with Gasteiger partial charge in [0.15, 0.2) is 0 Å². The van der Waals surface area contributed by atoms with Gasteiger partial charge in [-0.25, -0.2) is 0 Å². The molecular formula is C21H27N3O4S. The van der Waals surface area contributed by atoms with Gasteiger partial charge >= 0.3 is 0 Å². The number of likely N-dealkylation sites (tertiary alicyclic amines) is 1. The highest BCUT2D eigenvalue weighted by Gasteiger charge is 2.73. The third-order valence-electron chi connectivity index (χ3n) is 6.59. The number of thioether (sulfide) groups is 1. The summed E-state index contributed by atoms with van der Waals surface area (Å²) in [5.41, 5.74) is 2.71. The van der Waals surface area contributed by atoms with Crippen LogP contribution in [0, 0.1) is 25.7 Å². The van der Waals surface area contributed by atoms with Gasteiger partial charge in [-0.2, -0.15) is 0 Å². The molecule has 29 heavy (non-hydrogen) atoms. The molecule has 2 bridgehead atoms. The van der Waals surface area contributed by atoms with Crippen molar-refractivity contribution in [2.45, 2.75) is 42.7 Å². The maximum atomic E-state index is 13.5. The number of nitrogens with zero attached hydrogens (tertiary/aromatic N) is 1. The molecule has 3 fully saturated rings. The average molecular weight is 418 g/mol. The van der Waals surface area contributed by atoms with Crippen molar-refractivity contribution in [2.75, 3.05) is 25.5 Å². The lowest BCUT2D eigenvalue weighted by atomic mass is 9.70. The van der Waals surface area contributed by atoms with E-state index in [9.17, 15) is 19.5 Å². The van der Waals surface area contributed by atoms with Gasteiger partial charge in [-0.15, -0.1) is 11.8 Å². The van der Waals surface area contributed by atoms with E-state index in [1.165, 1.54) is 4.90 Å². The van der Waals surface area contributed by atoms with E-state index >= 15 is 0 Å². The van der Waals surface area contributed by atoms with Gasteiger partial charge in [0.2, 0.25) is 17.7 Å². The molecule has 156 valence electrons. The van der Waals surface area contributed by atoms with Gasteiger partial charge in [0.1, 0.15) is 6.04 Å². The van der Waals surface area contributed by atoms with Gasteiger partial charge < -0.3 is 20.6 Å². The number of aliphatic hydroxyl groups is 1. The minimum atomic E-state index is -0.697. The fraction of sp³-hybridized carbons (Fsp3) is 0.571. The first-order valence-electron chi connectivity index (χ1n) is 10.0. The van der Waals surface area contributed by atoms with Crippen LogP contribution < -0.4 is 10.6 Å². The number of hydrogen-bond donors (Lipinski definition) is 3. The summed E-state index contributed by atoms with van der Waals surface area (Å²) in [6.07, 6.45) is 1.53. The van der Waals surface area contributed by atoms with Crippen LogP contribution in [0.15, 0.2) is 18.2 Å². The minimum Gasteiger partial charge on any atom is -0.395 e. The van der Waals surface area contributed by atoms with Crippen molar-refractivity contribution < 1.29 is 19.5 Å². The number of rotatable bonds is 5. The van der Waals surface area contributed by atoms with E-state index in [-0.39, 0.29) is 36.1 Å². The lowest BCUT2D eigenvalue weighted by Crippen LogP contribution is -2.52. The van der Waals surface area contributed by atoms with E-state index in [0.717, 1.165) is 29.7 Å². The van der Waals surface area contributed by atoms with Crippen molar-refractivity contribution in [1.29, 1.82) is 0 Å². The maximum Gasteiger partial charge on any atom is 0.248 e. The number of carbonyl (C=O) groups excluding carboxylic acids is 3. The average Bonchev–Trinajstić information content (AvgIpc) is 3.32. The van der Waals surface area contributed by atoms with Gasteiger partial charge in [-0.3, -0.25) is 14.4 Å². The summed E-state index contributed by atoms with van der Waals surface area (Å²) < 4.78 is -0.615. The molecule has 0 aliphatic carbocycles. The standard InChI is InChI=1S/C21H27N3O4S/c1-11-4-5-12(2)13(10-11)23-19(27)17-21-7-6-14(29-21)15(18(26)22-3)16(21)20(28)24(17)8-9-25/h4-5,10,14-17,25H,6-9H2,1-3H3,(H,22,26)(H,23,27)/t14-,15+,16-,17?,21?/m0/s1. The monoisotopic (exact) mass is 417 g/mol. The summed E-state index contributed by atoms with van der Waals surface area (Å²) in [4.78, 5) is 40.9. The Bertz CT molecular complexity index is 875. The Balaban J connectivity index is 1.71. The van der Waals surface area contributed by atoms with Crippen LogP contribution in [-0.2, 0) is 14.4 Å². The molecule has 1 aromatic carbocycles. The Labute approximate surface area is 174 Å². The Kier molecular flexibility index (Phi) is 5.11. The van der Waals surface area contributed by atoms with Crippen molar-refractivity contribution in [2.24, 2.45) is 11.8 Å². The smallest absolute Gasteiger partial charge is 0.248 e. The summed E-state index contributed by atoms with van der Waals surface area (Å²) in [6, 6.07) is 5.16. The Morgan fingerprint density at radius 3 is 2.76 bits per heavy atom. The van der Waals surface area contributed by atoms with E-state index in [1.807, 2.05) is 32.0 Å². The zero-order chi connectivity index (χ0) is 20.9. The van der Waals surface area contributed by atoms with Crippen LogP contribution in [0.3, 0.4) is 0 Å². The summed E-state index contributed by atoms with van der Waals surface area (Å²) in [5.74, 6) is -1.52. The number of hydrogen-bond acceptors (Lipinski definition) is 5. The van der Waals surface area contributed by atoms with Crippen molar-refractivity contribution in [3.05, 3.63) is 29.3 Å². The highest BCUT2D eigenvalue weighted by molar-refractivity contribution is 8.02. The first-order chi connectivity index (χ1) is 13.8. The zero-order valence-electron chi connectivity index (χ0n) is 16.9. The molecule has 3 aliphatic rings. The second-order valence-electron chi connectivity index (χ2n) is 8.23. The Morgan fingerprint density at radius 2 is 2.07 bits per heavy atom. The van der Waals surface area contributed by atoms with Crippen LogP contribution in [0.5, 0.6) is 0 Å². The van der Waals surface area contributed by atoms with E-state index in [4.69, 9.17) is 0 Å². The Hall–Kier alpha value is -2.06. The predicted octanol–water partition coefficient (Wildman–Crippen LogP) is 1.07. The molecule has 5 atom stereocenters. The predicted molar refractivity (Wildman–Crippen MR) is 112 cm³/mol. The molecule has 3 saturated heterocycles. The van der Waals surface area contributed by atoms with Gasteiger partial charge in [0.25, 0.3) is 0 Å². The van der Waals surface area contributed by atoms with Crippen LogP contribution in [0.1, 0.15) is 24.0 Å². The quantitative estimate of drug-likeness (QED) is 0.666. The number of fused-ring (bicyclic) bond motifs is 1. The molecule has 1 spiro atoms. The molecule has 0 radical (unpaired) electrons. The summed E-state index contributed by atoms with van der Waals surface area (Å²) in [6.45, 7) is 3.76. The number of anilines is 1. The van der Waals surface area contributed by atoms with Crippen molar-refractivity contribution in [1.82, 2.24) is 10.2 Å². The lowest BCUT2D eigenvalue weighted by molar-refractivity contribution is -0.139. The molecule has 3 heterocycles. The van der Waals surface area contributed by atoms with Crippen LogP contribution in [-0.4, -0.2) is 64.0 Å². The van der Waals surface area contributed by atoms with Gasteiger partial charge in [-0.05, 0) is 43.9 Å². The summed E-state index contributed by atoms with van der Waals surface area (Å²) >= 11 is 1.62. The number of amides is 3. The van der Waals surface area contributed by atoms with Gasteiger partial charge in [-0.1, -0.05) is 12.1 Å². The molecule has 0 aromatic heterocycles. The van der Waals surface area contributed by atoms with E-state index in [2.05, 4.69) is 10.6 Å². The highest BCUT2D eigenvalue weighted by Crippen LogP contribution is 2.66. The first kappa shape index (κ1) is 20.2. The number of benzene rings is 1. The Morgan fingerprint density at radius 1 is 1.31 bits per heavy atom. The SMILES string of the molecule is CNC(=O)[C@@H]1[C@@H]2CCC3(S2)C(C(=O)Nc2cc(C)ccc2C)N(CCO)C(=O)[C@H]13. The molecule has 8 heteroatoms. The van der Waals surface area contributed by atoms with Gasteiger partial charge in [0.05, 0.1) is 23.2 Å². The fourth-order valence-electron chi connectivity index (χ4n) is 5.34. The fourth-order valence-corrected chi connectivity index (χ4v) is 7.56. The number of aliphatic hydroxyl groups excluding tert-OH is 1. The highest BCUT2D eigenvalue weighted by atomic mass is 32.2. The van der Waals surface area contributed by atoms with Crippen LogP contribution in [0.2, 0.25) is 0 Å². The second-order valence-corrected chi connectivity index (χ2v) is 9.83. The minimum absolute atomic E-state index is 0.0520. The van der Waals surface area contributed by atoms with Crippen molar-refractivity contribution in [3.8, 4) is 0 Å². The number of carbonyl (C=O) groups is 3. The first-order valence-corrected chi connectivity index (χ1v) is 10.9. The lowest BCUT2D eigenvalue weighted by Gasteiger charge is -2.34. The largest absolute Gasteiger partial charge is 0.395 e. The number of β-amino-alcohol motifs (C(OH)–C–C–N with tert-alkyl or cyclic N) is 1.